The van der Waals surface area contributed by atoms with E-state index in [1.165, 1.54) is 32.4 Å². The van der Waals surface area contributed by atoms with Crippen LogP contribution in [-0.4, -0.2) is 29.1 Å². The van der Waals surface area contributed by atoms with Gasteiger partial charge in [-0.05, 0) is 24.3 Å². The Morgan fingerprint density at radius 2 is 1.68 bits per heavy atom. The maximum atomic E-state index is 13.9. The SMILES string of the molecule is COc1ccc(OC)c(Nc2ncnc(Nc3ccccc3F)c2[N+](=O)[O-])c1. The lowest BCUT2D eigenvalue weighted by molar-refractivity contribution is -0.383. The van der Waals surface area contributed by atoms with Crippen molar-refractivity contribution in [1.82, 2.24) is 9.97 Å². The van der Waals surface area contributed by atoms with Crippen LogP contribution in [0.2, 0.25) is 0 Å². The van der Waals surface area contributed by atoms with Gasteiger partial charge in [-0.3, -0.25) is 10.1 Å². The number of hydrogen-bond donors (Lipinski definition) is 2. The molecule has 0 fully saturated rings. The molecule has 0 amide bonds. The molecule has 2 N–H and O–H groups in total. The summed E-state index contributed by atoms with van der Waals surface area (Å²) >= 11 is 0. The van der Waals surface area contributed by atoms with E-state index in [-0.39, 0.29) is 17.3 Å². The summed E-state index contributed by atoms with van der Waals surface area (Å²) in [7, 11) is 2.96. The van der Waals surface area contributed by atoms with Crippen molar-refractivity contribution in [2.45, 2.75) is 0 Å². The normalized spacial score (nSPS) is 10.2. The summed E-state index contributed by atoms with van der Waals surface area (Å²) in [6.45, 7) is 0. The lowest BCUT2D eigenvalue weighted by Gasteiger charge is -2.13. The Hall–Kier alpha value is -3.95. The van der Waals surface area contributed by atoms with E-state index in [4.69, 9.17) is 9.47 Å². The molecule has 0 atom stereocenters. The second-order valence-corrected chi connectivity index (χ2v) is 5.47. The van der Waals surface area contributed by atoms with Crippen LogP contribution in [0.4, 0.5) is 33.1 Å². The number of para-hydroxylation sites is 1. The monoisotopic (exact) mass is 385 g/mol. The predicted octanol–water partition coefficient (Wildman–Crippen LogP) is 4.03. The third kappa shape index (κ3) is 3.90. The first kappa shape index (κ1) is 18.8. The molecule has 0 aliphatic heterocycles. The van der Waals surface area contributed by atoms with E-state index in [9.17, 15) is 14.5 Å². The average Bonchev–Trinajstić information content (AvgIpc) is 2.69. The van der Waals surface area contributed by atoms with Crippen molar-refractivity contribution in [3.05, 3.63) is 64.7 Å². The number of rotatable bonds is 7. The third-order valence-electron chi connectivity index (χ3n) is 3.79. The maximum absolute atomic E-state index is 13.9. The fourth-order valence-corrected chi connectivity index (χ4v) is 2.46. The number of aromatic nitrogens is 2. The molecule has 1 heterocycles. The number of methoxy groups -OCH3 is 2. The van der Waals surface area contributed by atoms with E-state index < -0.39 is 16.4 Å². The van der Waals surface area contributed by atoms with Crippen LogP contribution in [0.3, 0.4) is 0 Å². The van der Waals surface area contributed by atoms with Gasteiger partial charge in [0.15, 0.2) is 0 Å². The second-order valence-electron chi connectivity index (χ2n) is 5.47. The summed E-state index contributed by atoms with van der Waals surface area (Å²) in [6, 6.07) is 10.7. The Bertz CT molecular complexity index is 1020. The van der Waals surface area contributed by atoms with Gasteiger partial charge in [0.25, 0.3) is 0 Å². The molecular formula is C18H16FN5O4. The quantitative estimate of drug-likeness (QED) is 0.463. The van der Waals surface area contributed by atoms with Crippen LogP contribution in [0.15, 0.2) is 48.8 Å². The van der Waals surface area contributed by atoms with Crippen molar-refractivity contribution in [1.29, 1.82) is 0 Å². The van der Waals surface area contributed by atoms with E-state index in [2.05, 4.69) is 20.6 Å². The van der Waals surface area contributed by atoms with Gasteiger partial charge >= 0.3 is 5.69 Å². The van der Waals surface area contributed by atoms with E-state index >= 15 is 0 Å². The third-order valence-corrected chi connectivity index (χ3v) is 3.79. The predicted molar refractivity (Wildman–Crippen MR) is 101 cm³/mol. The fourth-order valence-electron chi connectivity index (χ4n) is 2.46. The first-order chi connectivity index (χ1) is 13.5. The van der Waals surface area contributed by atoms with Crippen LogP contribution >= 0.6 is 0 Å². The first-order valence-electron chi connectivity index (χ1n) is 8.03. The van der Waals surface area contributed by atoms with Crippen molar-refractivity contribution in [2.24, 2.45) is 0 Å². The number of anilines is 4. The highest BCUT2D eigenvalue weighted by molar-refractivity contribution is 5.78. The fraction of sp³-hybridized carbons (Fsp3) is 0.111. The number of nitrogens with one attached hydrogen (secondary N) is 2. The zero-order chi connectivity index (χ0) is 20.1. The number of halogens is 1. The second kappa shape index (κ2) is 8.16. The topological polar surface area (TPSA) is 111 Å². The number of benzene rings is 2. The molecule has 3 rings (SSSR count). The van der Waals surface area contributed by atoms with Crippen molar-refractivity contribution in [3.63, 3.8) is 0 Å². The molecule has 0 saturated carbocycles. The smallest absolute Gasteiger partial charge is 0.353 e. The Balaban J connectivity index is 2.03. The summed E-state index contributed by atoms with van der Waals surface area (Å²) in [4.78, 5) is 18.9. The van der Waals surface area contributed by atoms with Crippen LogP contribution in [0, 0.1) is 15.9 Å². The number of nitro groups is 1. The molecule has 28 heavy (non-hydrogen) atoms. The largest absolute Gasteiger partial charge is 0.497 e. The minimum Gasteiger partial charge on any atom is -0.497 e. The highest BCUT2D eigenvalue weighted by atomic mass is 19.1. The van der Waals surface area contributed by atoms with E-state index in [0.29, 0.717) is 17.2 Å². The molecule has 3 aromatic rings. The molecule has 2 aromatic carbocycles. The molecular weight excluding hydrogens is 369 g/mol. The molecule has 0 aliphatic carbocycles. The summed E-state index contributed by atoms with van der Waals surface area (Å²) in [5, 5.41) is 17.2. The summed E-state index contributed by atoms with van der Waals surface area (Å²) < 4.78 is 24.3. The standard InChI is InChI=1S/C18H16FN5O4/c1-27-11-7-8-15(28-2)14(9-11)23-18-16(24(25)26)17(20-10-21-18)22-13-6-4-3-5-12(13)19/h3-10H,1-2H3,(H2,20,21,22,23). The van der Waals surface area contributed by atoms with E-state index in [0.717, 1.165) is 6.33 Å². The van der Waals surface area contributed by atoms with Crippen molar-refractivity contribution in [2.75, 3.05) is 24.9 Å². The van der Waals surface area contributed by atoms with E-state index in [1.54, 1.807) is 24.3 Å². The van der Waals surface area contributed by atoms with Crippen molar-refractivity contribution >= 4 is 28.7 Å². The molecule has 9 nitrogen and oxygen atoms in total. The van der Waals surface area contributed by atoms with Crippen LogP contribution in [0.1, 0.15) is 0 Å². The van der Waals surface area contributed by atoms with Crippen LogP contribution < -0.4 is 20.1 Å². The van der Waals surface area contributed by atoms with E-state index in [1.807, 2.05) is 0 Å². The van der Waals surface area contributed by atoms with Crippen LogP contribution in [-0.2, 0) is 0 Å². The molecule has 0 unspecified atom stereocenters. The first-order valence-corrected chi connectivity index (χ1v) is 8.03. The maximum Gasteiger partial charge on any atom is 0.353 e. The zero-order valence-corrected chi connectivity index (χ0v) is 15.0. The summed E-state index contributed by atoms with van der Waals surface area (Å²) in [6.07, 6.45) is 1.13. The van der Waals surface area contributed by atoms with Gasteiger partial charge in [0.1, 0.15) is 23.6 Å². The molecule has 0 bridgehead atoms. The molecule has 0 saturated heterocycles. The molecule has 0 spiro atoms. The number of hydrogen-bond acceptors (Lipinski definition) is 8. The highest BCUT2D eigenvalue weighted by Crippen LogP contribution is 2.37. The average molecular weight is 385 g/mol. The molecule has 10 heteroatoms. The number of nitrogens with zero attached hydrogens (tertiary/aromatic N) is 3. The summed E-state index contributed by atoms with van der Waals surface area (Å²) in [5.74, 6) is 0.126. The van der Waals surface area contributed by atoms with Crippen molar-refractivity contribution < 1.29 is 18.8 Å². The van der Waals surface area contributed by atoms with Gasteiger partial charge in [0.05, 0.1) is 30.5 Å². The van der Waals surface area contributed by atoms with Gasteiger partial charge < -0.3 is 20.1 Å². The molecule has 0 radical (unpaired) electrons. The van der Waals surface area contributed by atoms with Crippen molar-refractivity contribution in [3.8, 4) is 11.5 Å². The Kier molecular flexibility index (Phi) is 5.49. The molecule has 1 aromatic heterocycles. The van der Waals surface area contributed by atoms with Crippen LogP contribution in [0.25, 0.3) is 0 Å². The number of ether oxygens (including phenoxy) is 2. The zero-order valence-electron chi connectivity index (χ0n) is 15.0. The van der Waals surface area contributed by atoms with Gasteiger partial charge in [-0.1, -0.05) is 12.1 Å². The minimum absolute atomic E-state index is 0.0502. The van der Waals surface area contributed by atoms with Gasteiger partial charge in [0, 0.05) is 6.07 Å². The summed E-state index contributed by atoms with van der Waals surface area (Å²) in [5.41, 5.74) is 0.00493. The van der Waals surface area contributed by atoms with Gasteiger partial charge in [-0.2, -0.15) is 0 Å². The highest BCUT2D eigenvalue weighted by Gasteiger charge is 2.24. The molecule has 144 valence electrons. The molecule has 0 aliphatic rings. The van der Waals surface area contributed by atoms with Gasteiger partial charge in [-0.25, -0.2) is 14.4 Å². The Labute approximate surface area is 159 Å². The minimum atomic E-state index is -0.655. The lowest BCUT2D eigenvalue weighted by Crippen LogP contribution is -2.06. The Morgan fingerprint density at radius 1 is 1.00 bits per heavy atom. The van der Waals surface area contributed by atoms with Gasteiger partial charge in [-0.15, -0.1) is 0 Å². The van der Waals surface area contributed by atoms with Gasteiger partial charge in [0.2, 0.25) is 11.6 Å². The lowest BCUT2D eigenvalue weighted by atomic mass is 10.2. The van der Waals surface area contributed by atoms with Crippen LogP contribution in [0.5, 0.6) is 11.5 Å². The Morgan fingerprint density at radius 3 is 2.29 bits per heavy atom.